The van der Waals surface area contributed by atoms with Crippen molar-refractivity contribution >= 4 is 5.91 Å². The fourth-order valence-corrected chi connectivity index (χ4v) is 2.53. The molecule has 110 valence electrons. The molecule has 0 saturated heterocycles. The van der Waals surface area contributed by atoms with Crippen LogP contribution in [0.3, 0.4) is 0 Å². The van der Waals surface area contributed by atoms with Gasteiger partial charge in [-0.15, -0.1) is 10.2 Å². The molecule has 0 atom stereocenters. The van der Waals surface area contributed by atoms with Gasteiger partial charge in [-0.3, -0.25) is 4.79 Å². The molecule has 0 bridgehead atoms. The summed E-state index contributed by atoms with van der Waals surface area (Å²) in [4.78, 5) is 12.3. The van der Waals surface area contributed by atoms with Crippen LogP contribution in [-0.2, 0) is 19.5 Å². The van der Waals surface area contributed by atoms with Gasteiger partial charge in [0.15, 0.2) is 5.82 Å². The molecule has 0 unspecified atom stereocenters. The number of rotatable bonds is 5. The van der Waals surface area contributed by atoms with E-state index in [4.69, 9.17) is 4.74 Å². The number of ether oxygens (including phenoxy) is 1. The van der Waals surface area contributed by atoms with Crippen molar-refractivity contribution in [2.45, 2.75) is 32.9 Å². The van der Waals surface area contributed by atoms with Crippen molar-refractivity contribution in [1.82, 2.24) is 20.1 Å². The molecule has 1 aliphatic heterocycles. The number of hydrogen-bond donors (Lipinski definition) is 1. The predicted octanol–water partition coefficient (Wildman–Crippen LogP) is 1.55. The molecule has 0 saturated carbocycles. The topological polar surface area (TPSA) is 69.0 Å². The molecular weight excluding hydrogens is 268 g/mol. The number of nitrogens with one attached hydrogen (secondary N) is 1. The van der Waals surface area contributed by atoms with E-state index in [0.29, 0.717) is 24.5 Å². The maximum atomic E-state index is 12.3. The van der Waals surface area contributed by atoms with Gasteiger partial charge in [-0.1, -0.05) is 12.1 Å². The second-order valence-electron chi connectivity index (χ2n) is 4.90. The minimum Gasteiger partial charge on any atom is -0.493 e. The molecule has 2 aromatic rings. The van der Waals surface area contributed by atoms with Crippen molar-refractivity contribution in [1.29, 1.82) is 0 Å². The van der Waals surface area contributed by atoms with Crippen LogP contribution >= 0.6 is 0 Å². The van der Waals surface area contributed by atoms with Crippen molar-refractivity contribution in [3.05, 3.63) is 41.5 Å². The summed E-state index contributed by atoms with van der Waals surface area (Å²) >= 11 is 0. The lowest BCUT2D eigenvalue weighted by Crippen LogP contribution is -2.25. The minimum absolute atomic E-state index is 0.158. The van der Waals surface area contributed by atoms with Crippen LogP contribution in [-0.4, -0.2) is 27.3 Å². The van der Waals surface area contributed by atoms with E-state index in [0.717, 1.165) is 31.0 Å². The molecule has 1 aliphatic rings. The number of hydrogen-bond acceptors (Lipinski definition) is 4. The number of nitrogens with zero attached hydrogens (tertiary/aromatic N) is 3. The molecule has 0 fully saturated rings. The lowest BCUT2D eigenvalue weighted by atomic mass is 10.2. The molecule has 0 spiro atoms. The minimum atomic E-state index is -0.158. The zero-order chi connectivity index (χ0) is 14.7. The normalized spacial score (nSPS) is 13.0. The number of para-hydroxylation sites is 1. The summed E-state index contributed by atoms with van der Waals surface area (Å²) < 4.78 is 7.55. The van der Waals surface area contributed by atoms with Gasteiger partial charge in [-0.05, 0) is 25.5 Å². The first-order chi connectivity index (χ1) is 10.3. The van der Waals surface area contributed by atoms with E-state index < -0.39 is 0 Å². The van der Waals surface area contributed by atoms with Crippen LogP contribution in [0.1, 0.15) is 35.4 Å². The number of amides is 1. The molecule has 1 aromatic carbocycles. The first-order valence-corrected chi connectivity index (χ1v) is 7.20. The van der Waals surface area contributed by atoms with E-state index >= 15 is 0 Å². The third-order valence-electron chi connectivity index (χ3n) is 3.52. The third kappa shape index (κ3) is 2.74. The Morgan fingerprint density at radius 2 is 2.24 bits per heavy atom. The number of carbonyl (C=O) groups is 1. The summed E-state index contributed by atoms with van der Waals surface area (Å²) in [5, 5.41) is 11.1. The van der Waals surface area contributed by atoms with E-state index in [1.165, 1.54) is 0 Å². The molecule has 1 aromatic heterocycles. The van der Waals surface area contributed by atoms with Gasteiger partial charge in [0.1, 0.15) is 11.6 Å². The highest BCUT2D eigenvalue weighted by molar-refractivity contribution is 5.96. The molecule has 21 heavy (non-hydrogen) atoms. The fourth-order valence-electron chi connectivity index (χ4n) is 2.53. The highest BCUT2D eigenvalue weighted by atomic mass is 16.5. The zero-order valence-electron chi connectivity index (χ0n) is 12.0. The van der Waals surface area contributed by atoms with Gasteiger partial charge in [0.2, 0.25) is 0 Å². The average Bonchev–Trinajstić information content (AvgIpc) is 3.09. The van der Waals surface area contributed by atoms with Crippen molar-refractivity contribution in [3.63, 3.8) is 0 Å². The first-order valence-electron chi connectivity index (χ1n) is 7.20. The van der Waals surface area contributed by atoms with Gasteiger partial charge < -0.3 is 14.6 Å². The molecule has 1 amide bonds. The third-order valence-corrected chi connectivity index (χ3v) is 3.52. The van der Waals surface area contributed by atoms with Crippen molar-refractivity contribution in [2.24, 2.45) is 0 Å². The van der Waals surface area contributed by atoms with Gasteiger partial charge in [0.05, 0.1) is 18.7 Å². The number of carbonyl (C=O) groups excluding carboxylic acids is 1. The van der Waals surface area contributed by atoms with Crippen molar-refractivity contribution in [2.75, 3.05) is 6.61 Å². The van der Waals surface area contributed by atoms with Crippen LogP contribution in [0.4, 0.5) is 0 Å². The van der Waals surface area contributed by atoms with Gasteiger partial charge in [-0.2, -0.15) is 0 Å². The second-order valence-corrected chi connectivity index (χ2v) is 4.90. The van der Waals surface area contributed by atoms with Crippen LogP contribution in [0.25, 0.3) is 0 Å². The van der Waals surface area contributed by atoms with Crippen LogP contribution < -0.4 is 10.1 Å². The Labute approximate surface area is 123 Å². The SMILES string of the molecule is CCOc1ccccc1C(=O)NCc1nnc2n1CCC2. The number of benzene rings is 1. The van der Waals surface area contributed by atoms with E-state index in [1.54, 1.807) is 12.1 Å². The lowest BCUT2D eigenvalue weighted by molar-refractivity contribution is 0.0945. The molecule has 2 heterocycles. The van der Waals surface area contributed by atoms with Crippen LogP contribution in [0.15, 0.2) is 24.3 Å². The van der Waals surface area contributed by atoms with Crippen LogP contribution in [0.5, 0.6) is 5.75 Å². The molecule has 0 radical (unpaired) electrons. The monoisotopic (exact) mass is 286 g/mol. The second kappa shape index (κ2) is 5.95. The summed E-state index contributed by atoms with van der Waals surface area (Å²) in [5.41, 5.74) is 0.542. The number of aryl methyl sites for hydroxylation is 1. The lowest BCUT2D eigenvalue weighted by Gasteiger charge is -2.10. The summed E-state index contributed by atoms with van der Waals surface area (Å²) in [6.07, 6.45) is 2.06. The molecule has 6 heteroatoms. The number of aromatic nitrogens is 3. The summed E-state index contributed by atoms with van der Waals surface area (Å²) in [5.74, 6) is 2.26. The molecule has 3 rings (SSSR count). The molecule has 0 aliphatic carbocycles. The van der Waals surface area contributed by atoms with Crippen LogP contribution in [0, 0.1) is 0 Å². The van der Waals surface area contributed by atoms with Gasteiger partial charge in [0, 0.05) is 13.0 Å². The largest absolute Gasteiger partial charge is 0.493 e. The Morgan fingerprint density at radius 1 is 1.38 bits per heavy atom. The van der Waals surface area contributed by atoms with Gasteiger partial charge in [0.25, 0.3) is 5.91 Å². The summed E-state index contributed by atoms with van der Waals surface area (Å²) in [6.45, 7) is 3.74. The van der Waals surface area contributed by atoms with E-state index in [9.17, 15) is 4.79 Å². The maximum Gasteiger partial charge on any atom is 0.255 e. The first kappa shape index (κ1) is 13.6. The van der Waals surface area contributed by atoms with E-state index in [-0.39, 0.29) is 5.91 Å². The van der Waals surface area contributed by atoms with Gasteiger partial charge >= 0.3 is 0 Å². The average molecular weight is 286 g/mol. The number of fused-ring (bicyclic) bond motifs is 1. The summed E-state index contributed by atoms with van der Waals surface area (Å²) in [6, 6.07) is 7.24. The highest BCUT2D eigenvalue weighted by Crippen LogP contribution is 2.18. The standard InChI is InChI=1S/C15H18N4O2/c1-2-21-12-7-4-3-6-11(12)15(20)16-10-14-18-17-13-8-5-9-19(13)14/h3-4,6-7H,2,5,8-10H2,1H3,(H,16,20). The maximum absolute atomic E-state index is 12.3. The van der Waals surface area contributed by atoms with Crippen LogP contribution in [0.2, 0.25) is 0 Å². The Morgan fingerprint density at radius 3 is 3.10 bits per heavy atom. The Bertz CT molecular complexity index is 651. The van der Waals surface area contributed by atoms with E-state index in [1.807, 2.05) is 19.1 Å². The summed E-state index contributed by atoms with van der Waals surface area (Å²) in [7, 11) is 0. The van der Waals surface area contributed by atoms with Gasteiger partial charge in [-0.25, -0.2) is 0 Å². The smallest absolute Gasteiger partial charge is 0.255 e. The van der Waals surface area contributed by atoms with E-state index in [2.05, 4.69) is 20.1 Å². The molecule has 1 N–H and O–H groups in total. The quantitative estimate of drug-likeness (QED) is 0.905. The van der Waals surface area contributed by atoms with Crippen molar-refractivity contribution < 1.29 is 9.53 Å². The Balaban J connectivity index is 1.69. The fraction of sp³-hybridized carbons (Fsp3) is 0.400. The molecular formula is C15H18N4O2. The van der Waals surface area contributed by atoms with Crippen molar-refractivity contribution in [3.8, 4) is 5.75 Å². The molecule has 6 nitrogen and oxygen atoms in total. The highest BCUT2D eigenvalue weighted by Gasteiger charge is 2.18. The predicted molar refractivity (Wildman–Crippen MR) is 77.1 cm³/mol. The Kier molecular flexibility index (Phi) is 3.85. The Hall–Kier alpha value is -2.37. The zero-order valence-corrected chi connectivity index (χ0v) is 12.0.